The van der Waals surface area contributed by atoms with Crippen molar-refractivity contribution < 1.29 is 24.5 Å². The lowest BCUT2D eigenvalue weighted by Crippen LogP contribution is -2.45. The molecule has 0 saturated carbocycles. The molecule has 2 atom stereocenters. The van der Waals surface area contributed by atoms with E-state index in [2.05, 4.69) is 31.3 Å². The first-order chi connectivity index (χ1) is 39.5. The van der Waals surface area contributed by atoms with E-state index in [9.17, 15) is 19.8 Å². The van der Waals surface area contributed by atoms with Crippen molar-refractivity contribution in [2.24, 2.45) is 0 Å². The Morgan fingerprint density at radius 3 is 0.887 bits per heavy atom. The molecule has 0 saturated heterocycles. The first-order valence-corrected chi connectivity index (χ1v) is 36.6. The standard InChI is InChI=1S/C74H143NO5/c1-3-5-7-9-11-13-15-17-19-21-23-24-25-27-31-34-38-42-46-50-54-58-62-66-72(77)71(70-76)75-73(78)67-63-59-55-51-47-43-39-35-32-28-26-29-33-37-41-45-49-53-57-61-65-69-80-74(79)68-64-60-56-52-48-44-40-36-30-22-20-18-16-14-12-10-8-6-4-2/h18,20,62,66,71-72,76-77H,3-17,19,21-61,63-65,67-70H2,1-2H3,(H,75,78)/b20-18-,66-62+. The van der Waals surface area contributed by atoms with Crippen LogP contribution in [0.2, 0.25) is 0 Å². The third-order valence-electron chi connectivity index (χ3n) is 17.2. The zero-order valence-electron chi connectivity index (χ0n) is 54.3. The van der Waals surface area contributed by atoms with Crippen molar-refractivity contribution >= 4 is 11.9 Å². The summed E-state index contributed by atoms with van der Waals surface area (Å²) in [7, 11) is 0. The van der Waals surface area contributed by atoms with Crippen molar-refractivity contribution in [2.75, 3.05) is 13.2 Å². The minimum atomic E-state index is -0.847. The van der Waals surface area contributed by atoms with Gasteiger partial charge in [0.15, 0.2) is 0 Å². The fourth-order valence-electron chi connectivity index (χ4n) is 11.6. The minimum Gasteiger partial charge on any atom is -0.466 e. The lowest BCUT2D eigenvalue weighted by atomic mass is 10.0. The number of hydrogen-bond donors (Lipinski definition) is 3. The lowest BCUT2D eigenvalue weighted by molar-refractivity contribution is -0.143. The van der Waals surface area contributed by atoms with Crippen molar-refractivity contribution in [3.8, 4) is 0 Å². The van der Waals surface area contributed by atoms with Crippen molar-refractivity contribution in [1.82, 2.24) is 5.32 Å². The summed E-state index contributed by atoms with van der Waals surface area (Å²) in [6, 6.07) is -0.630. The summed E-state index contributed by atoms with van der Waals surface area (Å²) in [6.07, 6.45) is 88.3. The van der Waals surface area contributed by atoms with Crippen LogP contribution >= 0.6 is 0 Å². The SMILES string of the molecule is CCCCCCCC/C=C\CCCCCCCCCCCC(=O)OCCCCCCCCCCCCCCCCCCCCCCCC(=O)NC(CO)C(O)/C=C/CCCCCCCCCCCCCCCCCCCCCCC. The first-order valence-electron chi connectivity index (χ1n) is 36.6. The molecule has 0 heterocycles. The monoisotopic (exact) mass is 1130 g/mol. The van der Waals surface area contributed by atoms with Gasteiger partial charge in [-0.15, -0.1) is 0 Å². The molecule has 6 nitrogen and oxygen atoms in total. The number of carbonyl (C=O) groups is 2. The third-order valence-corrected chi connectivity index (χ3v) is 17.2. The smallest absolute Gasteiger partial charge is 0.305 e. The Morgan fingerprint density at radius 1 is 0.338 bits per heavy atom. The molecule has 2 unspecified atom stereocenters. The number of aliphatic hydroxyl groups is 2. The molecule has 6 heteroatoms. The average molecular weight is 1130 g/mol. The molecule has 0 aliphatic rings. The summed E-state index contributed by atoms with van der Waals surface area (Å²) in [5.74, 6) is -0.0522. The second kappa shape index (κ2) is 69.8. The number of esters is 1. The van der Waals surface area contributed by atoms with Crippen molar-refractivity contribution in [2.45, 2.75) is 424 Å². The van der Waals surface area contributed by atoms with Crippen LogP contribution in [0.1, 0.15) is 412 Å². The van der Waals surface area contributed by atoms with E-state index in [0.717, 1.165) is 44.9 Å². The van der Waals surface area contributed by atoms with Crippen LogP contribution in [-0.4, -0.2) is 47.4 Å². The van der Waals surface area contributed by atoms with Gasteiger partial charge < -0.3 is 20.3 Å². The summed E-state index contributed by atoms with van der Waals surface area (Å²) in [5.41, 5.74) is 0. The predicted molar refractivity (Wildman–Crippen MR) is 352 cm³/mol. The van der Waals surface area contributed by atoms with Crippen LogP contribution < -0.4 is 5.32 Å². The largest absolute Gasteiger partial charge is 0.466 e. The molecular weight excluding hydrogens is 983 g/mol. The third kappa shape index (κ3) is 65.5. The molecule has 0 aliphatic heterocycles. The Hall–Kier alpha value is -1.66. The van der Waals surface area contributed by atoms with Crippen LogP contribution in [0, 0.1) is 0 Å². The van der Waals surface area contributed by atoms with Gasteiger partial charge in [0.25, 0.3) is 0 Å². The highest BCUT2D eigenvalue weighted by Gasteiger charge is 2.18. The summed E-state index contributed by atoms with van der Waals surface area (Å²) < 4.78 is 5.51. The van der Waals surface area contributed by atoms with Gasteiger partial charge in [0, 0.05) is 12.8 Å². The van der Waals surface area contributed by atoms with E-state index < -0.39 is 12.1 Å². The second-order valence-corrected chi connectivity index (χ2v) is 25.3. The van der Waals surface area contributed by atoms with Gasteiger partial charge in [0.2, 0.25) is 5.91 Å². The topological polar surface area (TPSA) is 95.9 Å². The summed E-state index contributed by atoms with van der Waals surface area (Å²) in [4.78, 5) is 24.7. The van der Waals surface area contributed by atoms with E-state index in [-0.39, 0.29) is 18.5 Å². The Morgan fingerprint density at radius 2 is 0.588 bits per heavy atom. The number of hydrogen-bond acceptors (Lipinski definition) is 5. The number of allylic oxidation sites excluding steroid dienone is 3. The first kappa shape index (κ1) is 78.3. The highest BCUT2D eigenvalue weighted by molar-refractivity contribution is 5.76. The maximum Gasteiger partial charge on any atom is 0.305 e. The van der Waals surface area contributed by atoms with E-state index in [1.165, 1.54) is 340 Å². The van der Waals surface area contributed by atoms with Gasteiger partial charge in [-0.1, -0.05) is 366 Å². The molecule has 0 aliphatic carbocycles. The number of carbonyl (C=O) groups excluding carboxylic acids is 2. The molecule has 0 aromatic heterocycles. The molecule has 0 radical (unpaired) electrons. The van der Waals surface area contributed by atoms with Crippen molar-refractivity contribution in [3.63, 3.8) is 0 Å². The number of unbranched alkanes of at least 4 members (excludes halogenated alkanes) is 56. The lowest BCUT2D eigenvalue weighted by Gasteiger charge is -2.20. The zero-order chi connectivity index (χ0) is 57.8. The number of rotatable bonds is 69. The fourth-order valence-corrected chi connectivity index (χ4v) is 11.6. The van der Waals surface area contributed by atoms with Crippen LogP contribution in [0.15, 0.2) is 24.3 Å². The molecular formula is C74H143NO5. The Bertz CT molecular complexity index is 1250. The highest BCUT2D eigenvalue weighted by atomic mass is 16.5. The normalized spacial score (nSPS) is 12.6. The Balaban J connectivity index is 3.40. The van der Waals surface area contributed by atoms with E-state index in [4.69, 9.17) is 4.74 Å². The van der Waals surface area contributed by atoms with Gasteiger partial charge in [0.1, 0.15) is 0 Å². The maximum absolute atomic E-state index is 12.5. The molecule has 0 aromatic rings. The Labute approximate surface area is 501 Å². The van der Waals surface area contributed by atoms with E-state index in [1.54, 1.807) is 6.08 Å². The zero-order valence-corrected chi connectivity index (χ0v) is 54.3. The van der Waals surface area contributed by atoms with E-state index >= 15 is 0 Å². The molecule has 80 heavy (non-hydrogen) atoms. The quantitative estimate of drug-likeness (QED) is 0.0320. The van der Waals surface area contributed by atoms with Crippen LogP contribution in [0.25, 0.3) is 0 Å². The van der Waals surface area contributed by atoms with Crippen molar-refractivity contribution in [1.29, 1.82) is 0 Å². The van der Waals surface area contributed by atoms with Gasteiger partial charge >= 0.3 is 5.97 Å². The molecule has 3 N–H and O–H groups in total. The highest BCUT2D eigenvalue weighted by Crippen LogP contribution is 2.19. The summed E-state index contributed by atoms with van der Waals surface area (Å²) >= 11 is 0. The molecule has 0 rings (SSSR count). The number of aliphatic hydroxyl groups excluding tert-OH is 2. The summed E-state index contributed by atoms with van der Waals surface area (Å²) in [5, 5.41) is 23.3. The molecule has 0 spiro atoms. The molecule has 0 aromatic carbocycles. The number of ether oxygens (including phenoxy) is 1. The molecule has 0 fully saturated rings. The number of nitrogens with one attached hydrogen (secondary N) is 1. The number of amides is 1. The van der Waals surface area contributed by atoms with Crippen LogP contribution in [-0.2, 0) is 14.3 Å². The van der Waals surface area contributed by atoms with Gasteiger partial charge in [-0.05, 0) is 57.8 Å². The average Bonchev–Trinajstić information content (AvgIpc) is 3.46. The van der Waals surface area contributed by atoms with Crippen LogP contribution in [0.4, 0.5) is 0 Å². The minimum absolute atomic E-state index is 0.0121. The Kier molecular flexibility index (Phi) is 68.4. The van der Waals surface area contributed by atoms with E-state index in [0.29, 0.717) is 19.4 Å². The van der Waals surface area contributed by atoms with Gasteiger partial charge in [0.05, 0.1) is 25.4 Å². The maximum atomic E-state index is 12.5. The van der Waals surface area contributed by atoms with Gasteiger partial charge in [-0.3, -0.25) is 9.59 Å². The van der Waals surface area contributed by atoms with Gasteiger partial charge in [-0.25, -0.2) is 0 Å². The second-order valence-electron chi connectivity index (χ2n) is 25.3. The molecule has 0 bridgehead atoms. The van der Waals surface area contributed by atoms with Crippen LogP contribution in [0.3, 0.4) is 0 Å². The van der Waals surface area contributed by atoms with Gasteiger partial charge in [-0.2, -0.15) is 0 Å². The van der Waals surface area contributed by atoms with Crippen LogP contribution in [0.5, 0.6) is 0 Å². The molecule has 474 valence electrons. The molecule has 1 amide bonds. The fraction of sp³-hybridized carbons (Fsp3) is 0.919. The predicted octanol–water partition coefficient (Wildman–Crippen LogP) is 23.7. The van der Waals surface area contributed by atoms with Crippen molar-refractivity contribution in [3.05, 3.63) is 24.3 Å². The van der Waals surface area contributed by atoms with E-state index in [1.807, 2.05) is 6.08 Å². The summed E-state index contributed by atoms with van der Waals surface area (Å²) in [6.45, 7) is 4.94.